The molecule has 0 radical (unpaired) electrons. The van der Waals surface area contributed by atoms with Gasteiger partial charge < -0.3 is 9.47 Å². The Labute approximate surface area is 88.0 Å². The summed E-state index contributed by atoms with van der Waals surface area (Å²) >= 11 is 0. The molecule has 2 nitrogen and oxygen atoms in total. The highest BCUT2D eigenvalue weighted by Gasteiger charge is 2.31. The van der Waals surface area contributed by atoms with Gasteiger partial charge in [-0.3, -0.25) is 0 Å². The van der Waals surface area contributed by atoms with Crippen LogP contribution in [-0.4, -0.2) is 25.9 Å². The number of ether oxygens (including phenoxy) is 2. The van der Waals surface area contributed by atoms with Crippen molar-refractivity contribution in [1.82, 2.24) is 0 Å². The van der Waals surface area contributed by atoms with Gasteiger partial charge in [0.15, 0.2) is 0 Å². The minimum atomic E-state index is 0.410. The van der Waals surface area contributed by atoms with Crippen LogP contribution in [-0.2, 0) is 9.47 Å². The van der Waals surface area contributed by atoms with Crippen LogP contribution in [0.4, 0.5) is 0 Å². The minimum absolute atomic E-state index is 0.410. The lowest BCUT2D eigenvalue weighted by molar-refractivity contribution is -0.000170. The highest BCUT2D eigenvalue weighted by molar-refractivity contribution is 4.81. The summed E-state index contributed by atoms with van der Waals surface area (Å²) in [5.74, 6) is 1.46. The summed E-state index contributed by atoms with van der Waals surface area (Å²) in [6.07, 6.45) is 4.40. The average Bonchev–Trinajstić information content (AvgIpc) is 2.63. The van der Waals surface area contributed by atoms with Gasteiger partial charge >= 0.3 is 0 Å². The molecule has 0 amide bonds. The molecule has 0 bridgehead atoms. The molecule has 1 rings (SSSR count). The first-order valence-corrected chi connectivity index (χ1v) is 5.98. The van der Waals surface area contributed by atoms with E-state index < -0.39 is 0 Å². The third-order valence-corrected chi connectivity index (χ3v) is 3.29. The van der Waals surface area contributed by atoms with E-state index in [4.69, 9.17) is 9.47 Å². The monoisotopic (exact) mass is 200 g/mol. The van der Waals surface area contributed by atoms with Crippen molar-refractivity contribution >= 4 is 0 Å². The van der Waals surface area contributed by atoms with Gasteiger partial charge in [0.05, 0.1) is 6.10 Å². The highest BCUT2D eigenvalue weighted by Crippen LogP contribution is 2.35. The van der Waals surface area contributed by atoms with Crippen LogP contribution in [0.3, 0.4) is 0 Å². The molecular formula is C12H24O2. The Morgan fingerprint density at radius 3 is 2.64 bits per heavy atom. The molecule has 1 aliphatic rings. The standard InChI is InChI=1S/C12H24O2/c1-4-13-9-11-7-6-8-12(11)10(3)14-5-2/h10-12H,4-9H2,1-3H3. The van der Waals surface area contributed by atoms with Gasteiger partial charge in [0.2, 0.25) is 0 Å². The first-order valence-electron chi connectivity index (χ1n) is 5.98. The lowest BCUT2D eigenvalue weighted by atomic mass is 9.92. The average molecular weight is 200 g/mol. The fraction of sp³-hybridized carbons (Fsp3) is 1.00. The molecule has 0 aliphatic heterocycles. The highest BCUT2D eigenvalue weighted by atomic mass is 16.5. The molecule has 14 heavy (non-hydrogen) atoms. The van der Waals surface area contributed by atoms with Crippen molar-refractivity contribution in [2.75, 3.05) is 19.8 Å². The van der Waals surface area contributed by atoms with Crippen LogP contribution in [0.25, 0.3) is 0 Å². The Balaban J connectivity index is 2.33. The number of hydrogen-bond acceptors (Lipinski definition) is 2. The molecule has 1 saturated carbocycles. The second-order valence-electron chi connectivity index (χ2n) is 4.17. The van der Waals surface area contributed by atoms with Gasteiger partial charge in [-0.15, -0.1) is 0 Å². The normalized spacial score (nSPS) is 29.4. The fourth-order valence-electron chi connectivity index (χ4n) is 2.55. The fourth-order valence-corrected chi connectivity index (χ4v) is 2.55. The van der Waals surface area contributed by atoms with Gasteiger partial charge in [0, 0.05) is 19.8 Å². The smallest absolute Gasteiger partial charge is 0.0578 e. The van der Waals surface area contributed by atoms with Gasteiger partial charge in [-0.2, -0.15) is 0 Å². The van der Waals surface area contributed by atoms with E-state index in [1.165, 1.54) is 19.3 Å². The quantitative estimate of drug-likeness (QED) is 0.656. The molecule has 0 saturated heterocycles. The van der Waals surface area contributed by atoms with Crippen LogP contribution in [0.1, 0.15) is 40.0 Å². The Hall–Kier alpha value is -0.0800. The summed E-state index contributed by atoms with van der Waals surface area (Å²) in [4.78, 5) is 0. The number of rotatable bonds is 6. The maximum atomic E-state index is 5.68. The third-order valence-electron chi connectivity index (χ3n) is 3.29. The van der Waals surface area contributed by atoms with Gasteiger partial charge in [-0.1, -0.05) is 6.42 Å². The van der Waals surface area contributed by atoms with Crippen molar-refractivity contribution in [3.63, 3.8) is 0 Å². The maximum absolute atomic E-state index is 5.68. The van der Waals surface area contributed by atoms with E-state index in [9.17, 15) is 0 Å². The van der Waals surface area contributed by atoms with E-state index in [1.807, 2.05) is 0 Å². The van der Waals surface area contributed by atoms with E-state index in [0.29, 0.717) is 6.10 Å². The molecule has 1 aliphatic carbocycles. The summed E-state index contributed by atoms with van der Waals surface area (Å²) in [5.41, 5.74) is 0. The molecule has 3 unspecified atom stereocenters. The van der Waals surface area contributed by atoms with Crippen molar-refractivity contribution in [2.45, 2.75) is 46.1 Å². The van der Waals surface area contributed by atoms with Crippen molar-refractivity contribution in [2.24, 2.45) is 11.8 Å². The molecule has 0 aromatic heterocycles. The van der Waals surface area contributed by atoms with Crippen LogP contribution >= 0.6 is 0 Å². The second-order valence-corrected chi connectivity index (χ2v) is 4.17. The van der Waals surface area contributed by atoms with Crippen LogP contribution in [0.15, 0.2) is 0 Å². The molecule has 84 valence electrons. The van der Waals surface area contributed by atoms with E-state index in [2.05, 4.69) is 20.8 Å². The third kappa shape index (κ3) is 3.25. The summed E-state index contributed by atoms with van der Waals surface area (Å²) in [5, 5.41) is 0. The van der Waals surface area contributed by atoms with E-state index in [-0.39, 0.29) is 0 Å². The Morgan fingerprint density at radius 2 is 2.00 bits per heavy atom. The molecule has 3 atom stereocenters. The molecule has 0 aromatic carbocycles. The van der Waals surface area contributed by atoms with E-state index in [1.54, 1.807) is 0 Å². The molecule has 0 aromatic rings. The zero-order valence-electron chi connectivity index (χ0n) is 9.79. The first-order chi connectivity index (χ1) is 6.79. The molecule has 0 spiro atoms. The van der Waals surface area contributed by atoms with Crippen LogP contribution in [0.5, 0.6) is 0 Å². The van der Waals surface area contributed by atoms with E-state index in [0.717, 1.165) is 31.7 Å². The predicted molar refractivity (Wildman–Crippen MR) is 58.4 cm³/mol. The van der Waals surface area contributed by atoms with Crippen molar-refractivity contribution in [3.8, 4) is 0 Å². The predicted octanol–water partition coefficient (Wildman–Crippen LogP) is 2.86. The van der Waals surface area contributed by atoms with Gasteiger partial charge in [-0.25, -0.2) is 0 Å². The second kappa shape index (κ2) is 6.41. The van der Waals surface area contributed by atoms with Crippen LogP contribution in [0, 0.1) is 11.8 Å². The maximum Gasteiger partial charge on any atom is 0.0578 e. The summed E-state index contributed by atoms with van der Waals surface area (Å²) in [6.45, 7) is 8.95. The zero-order chi connectivity index (χ0) is 10.4. The lowest BCUT2D eigenvalue weighted by Crippen LogP contribution is -2.26. The van der Waals surface area contributed by atoms with E-state index >= 15 is 0 Å². The SMILES string of the molecule is CCOCC1CCCC1C(C)OCC. The summed E-state index contributed by atoms with van der Waals surface area (Å²) < 4.78 is 11.2. The van der Waals surface area contributed by atoms with Crippen molar-refractivity contribution in [3.05, 3.63) is 0 Å². The van der Waals surface area contributed by atoms with Crippen molar-refractivity contribution in [1.29, 1.82) is 0 Å². The summed E-state index contributed by atoms with van der Waals surface area (Å²) in [6, 6.07) is 0. The van der Waals surface area contributed by atoms with Crippen LogP contribution < -0.4 is 0 Å². The van der Waals surface area contributed by atoms with Crippen LogP contribution in [0.2, 0.25) is 0 Å². The number of hydrogen-bond donors (Lipinski definition) is 0. The molecule has 0 heterocycles. The topological polar surface area (TPSA) is 18.5 Å². The molecular weight excluding hydrogens is 176 g/mol. The first kappa shape index (κ1) is 12.0. The zero-order valence-corrected chi connectivity index (χ0v) is 9.79. The summed E-state index contributed by atoms with van der Waals surface area (Å²) in [7, 11) is 0. The Kier molecular flexibility index (Phi) is 5.49. The molecule has 0 N–H and O–H groups in total. The Bertz CT molecular complexity index is 147. The van der Waals surface area contributed by atoms with Gasteiger partial charge in [0.1, 0.15) is 0 Å². The molecule has 2 heteroatoms. The lowest BCUT2D eigenvalue weighted by Gasteiger charge is -2.25. The van der Waals surface area contributed by atoms with Crippen molar-refractivity contribution < 1.29 is 9.47 Å². The van der Waals surface area contributed by atoms with Gasteiger partial charge in [0.25, 0.3) is 0 Å². The largest absolute Gasteiger partial charge is 0.381 e. The Morgan fingerprint density at radius 1 is 1.21 bits per heavy atom. The minimum Gasteiger partial charge on any atom is -0.381 e. The molecule has 1 fully saturated rings. The van der Waals surface area contributed by atoms with Gasteiger partial charge in [-0.05, 0) is 45.4 Å².